The molecule has 0 rings (SSSR count). The zero-order valence-electron chi connectivity index (χ0n) is 9.14. The molecule has 0 aliphatic carbocycles. The van der Waals surface area contributed by atoms with Crippen molar-refractivity contribution in [2.45, 2.75) is 32.4 Å². The lowest BCUT2D eigenvalue weighted by molar-refractivity contribution is -0.162. The first-order chi connectivity index (χ1) is 6.91. The van der Waals surface area contributed by atoms with Crippen molar-refractivity contribution in [2.24, 2.45) is 5.92 Å². The Morgan fingerprint density at radius 3 is 2.33 bits per heavy atom. The third-order valence-corrected chi connectivity index (χ3v) is 2.19. The molecule has 1 unspecified atom stereocenters. The molecule has 0 amide bonds. The van der Waals surface area contributed by atoms with Gasteiger partial charge in [0.1, 0.15) is 0 Å². The fourth-order valence-corrected chi connectivity index (χ4v) is 1.25. The van der Waals surface area contributed by atoms with Crippen LogP contribution in [0.25, 0.3) is 0 Å². The minimum Gasteiger partial charge on any atom is -0.305 e. The van der Waals surface area contributed by atoms with Crippen LogP contribution in [0.4, 0.5) is 13.2 Å². The fourth-order valence-electron chi connectivity index (χ4n) is 1.25. The Labute approximate surface area is 88.7 Å². The van der Waals surface area contributed by atoms with Gasteiger partial charge in [-0.2, -0.15) is 18.4 Å². The van der Waals surface area contributed by atoms with Crippen LogP contribution < -0.4 is 0 Å². The van der Waals surface area contributed by atoms with E-state index in [4.69, 9.17) is 5.26 Å². The first kappa shape index (κ1) is 14.2. The second kappa shape index (κ2) is 6.67. The molecule has 2 nitrogen and oxygen atoms in total. The van der Waals surface area contributed by atoms with Crippen molar-refractivity contribution in [3.63, 3.8) is 0 Å². The normalized spacial score (nSPS) is 13.9. The molecule has 0 heterocycles. The summed E-state index contributed by atoms with van der Waals surface area (Å²) in [6.45, 7) is 2.42. The minimum atomic E-state index is -4.41. The summed E-state index contributed by atoms with van der Waals surface area (Å²) in [6, 6.07) is 1.30. The minimum absolute atomic E-state index is 0.232. The lowest BCUT2D eigenvalue weighted by Crippen LogP contribution is -2.34. The van der Waals surface area contributed by atoms with E-state index in [0.717, 1.165) is 19.3 Å². The van der Waals surface area contributed by atoms with E-state index in [2.05, 4.69) is 0 Å². The zero-order valence-corrected chi connectivity index (χ0v) is 9.14. The van der Waals surface area contributed by atoms with Gasteiger partial charge in [0, 0.05) is 6.54 Å². The van der Waals surface area contributed by atoms with Crippen molar-refractivity contribution < 1.29 is 13.2 Å². The van der Waals surface area contributed by atoms with E-state index < -0.39 is 12.1 Å². The Morgan fingerprint density at radius 1 is 1.33 bits per heavy atom. The molecule has 5 heteroatoms. The predicted octanol–water partition coefficient (Wildman–Crippen LogP) is 2.81. The number of rotatable bonds is 6. The van der Waals surface area contributed by atoms with E-state index in [-0.39, 0.29) is 6.54 Å². The van der Waals surface area contributed by atoms with Gasteiger partial charge in [0.2, 0.25) is 0 Å². The summed E-state index contributed by atoms with van der Waals surface area (Å²) >= 11 is 0. The molecule has 0 saturated carbocycles. The van der Waals surface area contributed by atoms with Crippen LogP contribution in [-0.2, 0) is 0 Å². The highest BCUT2D eigenvalue weighted by Gasteiger charge is 2.40. The summed E-state index contributed by atoms with van der Waals surface area (Å²) in [6.07, 6.45) is -1.49. The van der Waals surface area contributed by atoms with Gasteiger partial charge in [-0.1, -0.05) is 19.8 Å². The van der Waals surface area contributed by atoms with Crippen LogP contribution in [0.3, 0.4) is 0 Å². The average molecular weight is 222 g/mol. The van der Waals surface area contributed by atoms with Gasteiger partial charge in [-0.05, 0) is 20.0 Å². The maximum absolute atomic E-state index is 12.2. The number of alkyl halides is 3. The molecule has 88 valence electrons. The number of halogens is 3. The van der Waals surface area contributed by atoms with E-state index >= 15 is 0 Å². The van der Waals surface area contributed by atoms with Gasteiger partial charge in [0.05, 0.1) is 6.07 Å². The zero-order chi connectivity index (χ0) is 11.9. The predicted molar refractivity (Wildman–Crippen MR) is 52.2 cm³/mol. The molecule has 0 fully saturated rings. The van der Waals surface area contributed by atoms with Crippen molar-refractivity contribution in [1.82, 2.24) is 4.90 Å². The van der Waals surface area contributed by atoms with E-state index in [0.29, 0.717) is 6.54 Å². The Balaban J connectivity index is 3.93. The van der Waals surface area contributed by atoms with Crippen LogP contribution in [-0.4, -0.2) is 31.2 Å². The molecule has 1 atom stereocenters. The van der Waals surface area contributed by atoms with Crippen LogP contribution in [0.1, 0.15) is 26.2 Å². The van der Waals surface area contributed by atoms with Crippen LogP contribution in [0.2, 0.25) is 0 Å². The van der Waals surface area contributed by atoms with Crippen molar-refractivity contribution in [3.05, 3.63) is 0 Å². The van der Waals surface area contributed by atoms with Crippen LogP contribution in [0, 0.1) is 17.2 Å². The highest BCUT2D eigenvalue weighted by atomic mass is 19.4. The Morgan fingerprint density at radius 2 is 1.93 bits per heavy atom. The summed E-state index contributed by atoms with van der Waals surface area (Å²) in [5.41, 5.74) is 0. The molecule has 0 aliphatic heterocycles. The number of unbranched alkanes of at least 4 members (excludes halogenated alkanes) is 2. The van der Waals surface area contributed by atoms with Crippen molar-refractivity contribution in [2.75, 3.05) is 20.1 Å². The standard InChI is InChI=1S/C10H17F3N2/c1-3-4-5-6-15(2)8-9(7-14)10(11,12)13/h9H,3-6,8H2,1-2H3. The monoisotopic (exact) mass is 222 g/mol. The molecule has 0 N–H and O–H groups in total. The van der Waals surface area contributed by atoms with Crippen LogP contribution in [0.5, 0.6) is 0 Å². The molecule has 0 spiro atoms. The molecule has 0 radical (unpaired) electrons. The maximum atomic E-state index is 12.2. The van der Waals surface area contributed by atoms with Gasteiger partial charge in [0.25, 0.3) is 0 Å². The van der Waals surface area contributed by atoms with Gasteiger partial charge in [0.15, 0.2) is 5.92 Å². The topological polar surface area (TPSA) is 27.0 Å². The largest absolute Gasteiger partial charge is 0.405 e. The number of nitriles is 1. The lowest BCUT2D eigenvalue weighted by Gasteiger charge is -2.21. The lowest BCUT2D eigenvalue weighted by atomic mass is 10.1. The SMILES string of the molecule is CCCCCN(C)CC(C#N)C(F)(F)F. The first-order valence-electron chi connectivity index (χ1n) is 5.06. The molecule has 0 aromatic carbocycles. The van der Waals surface area contributed by atoms with Crippen molar-refractivity contribution in [3.8, 4) is 6.07 Å². The second-order valence-electron chi connectivity index (χ2n) is 3.69. The molecule has 0 aromatic heterocycles. The molecular formula is C10H17F3N2. The third-order valence-electron chi connectivity index (χ3n) is 2.19. The Hall–Kier alpha value is -0.760. The molecule has 0 saturated heterocycles. The van der Waals surface area contributed by atoms with Gasteiger partial charge < -0.3 is 4.90 Å². The number of nitrogens with zero attached hydrogens (tertiary/aromatic N) is 2. The maximum Gasteiger partial charge on any atom is 0.405 e. The summed E-state index contributed by atoms with van der Waals surface area (Å²) in [7, 11) is 1.62. The molecule has 0 aliphatic rings. The number of hydrogen-bond donors (Lipinski definition) is 0. The van der Waals surface area contributed by atoms with Crippen LogP contribution >= 0.6 is 0 Å². The Bertz CT molecular complexity index is 208. The van der Waals surface area contributed by atoms with Gasteiger partial charge in [-0.15, -0.1) is 0 Å². The molecule has 0 bridgehead atoms. The number of hydrogen-bond acceptors (Lipinski definition) is 2. The van der Waals surface area contributed by atoms with Crippen LogP contribution in [0.15, 0.2) is 0 Å². The smallest absolute Gasteiger partial charge is 0.305 e. The quantitative estimate of drug-likeness (QED) is 0.646. The second-order valence-corrected chi connectivity index (χ2v) is 3.69. The summed E-state index contributed by atoms with van der Waals surface area (Å²) in [5.74, 6) is -1.87. The molecule has 15 heavy (non-hydrogen) atoms. The Kier molecular flexibility index (Phi) is 6.34. The van der Waals surface area contributed by atoms with E-state index in [1.165, 1.54) is 6.07 Å². The highest BCUT2D eigenvalue weighted by molar-refractivity contribution is 4.90. The van der Waals surface area contributed by atoms with Gasteiger partial charge in [-0.3, -0.25) is 0 Å². The van der Waals surface area contributed by atoms with Gasteiger partial charge >= 0.3 is 6.18 Å². The van der Waals surface area contributed by atoms with E-state index in [1.807, 2.05) is 6.92 Å². The third kappa shape index (κ3) is 6.34. The first-order valence-corrected chi connectivity index (χ1v) is 5.06. The fraction of sp³-hybridized carbons (Fsp3) is 0.900. The molecular weight excluding hydrogens is 205 g/mol. The summed E-state index contributed by atoms with van der Waals surface area (Å²) < 4.78 is 36.7. The van der Waals surface area contributed by atoms with Crippen molar-refractivity contribution >= 4 is 0 Å². The summed E-state index contributed by atoms with van der Waals surface area (Å²) in [4.78, 5) is 1.57. The van der Waals surface area contributed by atoms with E-state index in [1.54, 1.807) is 11.9 Å². The average Bonchev–Trinajstić information content (AvgIpc) is 2.12. The van der Waals surface area contributed by atoms with Gasteiger partial charge in [-0.25, -0.2) is 0 Å². The highest BCUT2D eigenvalue weighted by Crippen LogP contribution is 2.26. The summed E-state index contributed by atoms with van der Waals surface area (Å²) in [5, 5.41) is 8.39. The van der Waals surface area contributed by atoms with E-state index in [9.17, 15) is 13.2 Å². The van der Waals surface area contributed by atoms with Crippen molar-refractivity contribution in [1.29, 1.82) is 5.26 Å². The molecule has 0 aromatic rings.